The van der Waals surface area contributed by atoms with Crippen LogP contribution in [0.4, 0.5) is 0 Å². The molecule has 1 aliphatic rings. The van der Waals surface area contributed by atoms with Crippen molar-refractivity contribution in [3.05, 3.63) is 29.3 Å². The summed E-state index contributed by atoms with van der Waals surface area (Å²) in [4.78, 5) is 25.3. The Hall–Kier alpha value is -2.04. The summed E-state index contributed by atoms with van der Waals surface area (Å²) in [5, 5.41) is 2.77. The highest BCUT2D eigenvalue weighted by Crippen LogP contribution is 2.19. The zero-order valence-corrected chi connectivity index (χ0v) is 11.9. The molecular formula is C15H20N2O3. The first-order valence-electron chi connectivity index (χ1n) is 6.78. The Kier molecular flexibility index (Phi) is 4.61. The number of aryl methyl sites for hydroxylation is 1. The number of ether oxygens (including phenoxy) is 1. The molecule has 2 amide bonds. The fraction of sp³-hybridized carbons (Fsp3) is 0.467. The molecule has 0 radical (unpaired) electrons. The standard InChI is InChI=1S/C15H20N2O3/c1-11-3-4-12(9-13(11)20-2)10-15(19)17-7-5-14(18)16-6-8-17/h3-4,9H,5-8,10H2,1-2H3,(H,16,18). The van der Waals surface area contributed by atoms with E-state index < -0.39 is 0 Å². The summed E-state index contributed by atoms with van der Waals surface area (Å²) >= 11 is 0. The Morgan fingerprint density at radius 2 is 2.20 bits per heavy atom. The van der Waals surface area contributed by atoms with Crippen LogP contribution in [0.2, 0.25) is 0 Å². The van der Waals surface area contributed by atoms with Crippen molar-refractivity contribution in [1.82, 2.24) is 10.2 Å². The van der Waals surface area contributed by atoms with Gasteiger partial charge in [0.25, 0.3) is 0 Å². The van der Waals surface area contributed by atoms with Gasteiger partial charge in [0.2, 0.25) is 11.8 Å². The van der Waals surface area contributed by atoms with Crippen molar-refractivity contribution < 1.29 is 14.3 Å². The number of carbonyl (C=O) groups is 2. The van der Waals surface area contributed by atoms with E-state index in [2.05, 4.69) is 5.32 Å². The summed E-state index contributed by atoms with van der Waals surface area (Å²) in [6, 6.07) is 5.79. The molecule has 5 nitrogen and oxygen atoms in total. The van der Waals surface area contributed by atoms with Gasteiger partial charge in [0.1, 0.15) is 5.75 Å². The molecule has 0 unspecified atom stereocenters. The van der Waals surface area contributed by atoms with Gasteiger partial charge >= 0.3 is 0 Å². The third-order valence-corrected chi connectivity index (χ3v) is 3.49. The molecule has 0 aromatic heterocycles. The Bertz CT molecular complexity index is 514. The zero-order chi connectivity index (χ0) is 14.5. The molecule has 108 valence electrons. The number of hydrogen-bond acceptors (Lipinski definition) is 3. The lowest BCUT2D eigenvalue weighted by atomic mass is 10.1. The average Bonchev–Trinajstić information content (AvgIpc) is 2.65. The van der Waals surface area contributed by atoms with Gasteiger partial charge in [0, 0.05) is 26.1 Å². The van der Waals surface area contributed by atoms with E-state index in [1.165, 1.54) is 0 Å². The van der Waals surface area contributed by atoms with E-state index in [1.54, 1.807) is 12.0 Å². The van der Waals surface area contributed by atoms with Gasteiger partial charge in [0.15, 0.2) is 0 Å². The van der Waals surface area contributed by atoms with Crippen LogP contribution in [0.1, 0.15) is 17.5 Å². The van der Waals surface area contributed by atoms with Crippen molar-refractivity contribution in [2.45, 2.75) is 19.8 Å². The zero-order valence-electron chi connectivity index (χ0n) is 11.9. The highest BCUT2D eigenvalue weighted by Gasteiger charge is 2.18. The van der Waals surface area contributed by atoms with Crippen LogP contribution in [0.25, 0.3) is 0 Å². The normalized spacial score (nSPS) is 15.5. The number of hydrogen-bond donors (Lipinski definition) is 1. The second kappa shape index (κ2) is 6.41. The molecule has 0 spiro atoms. The first-order chi connectivity index (χ1) is 9.60. The third kappa shape index (κ3) is 3.50. The van der Waals surface area contributed by atoms with E-state index >= 15 is 0 Å². The fourth-order valence-electron chi connectivity index (χ4n) is 2.28. The number of rotatable bonds is 3. The van der Waals surface area contributed by atoms with Crippen LogP contribution in [0.15, 0.2) is 18.2 Å². The number of nitrogens with one attached hydrogen (secondary N) is 1. The maximum atomic E-state index is 12.3. The molecule has 0 saturated carbocycles. The van der Waals surface area contributed by atoms with Gasteiger partial charge in [0.05, 0.1) is 13.5 Å². The number of benzene rings is 1. The Morgan fingerprint density at radius 1 is 1.40 bits per heavy atom. The summed E-state index contributed by atoms with van der Waals surface area (Å²) in [5.74, 6) is 0.854. The van der Waals surface area contributed by atoms with Crippen LogP contribution in [-0.2, 0) is 16.0 Å². The minimum atomic E-state index is 0.0114. The second-order valence-corrected chi connectivity index (χ2v) is 4.96. The van der Waals surface area contributed by atoms with Crippen LogP contribution in [-0.4, -0.2) is 43.5 Å². The first-order valence-corrected chi connectivity index (χ1v) is 6.78. The quantitative estimate of drug-likeness (QED) is 0.892. The predicted molar refractivity (Wildman–Crippen MR) is 75.6 cm³/mol. The summed E-state index contributed by atoms with van der Waals surface area (Å²) in [5.41, 5.74) is 1.98. The van der Waals surface area contributed by atoms with Gasteiger partial charge in [-0.1, -0.05) is 12.1 Å². The fourth-order valence-corrected chi connectivity index (χ4v) is 2.28. The number of carbonyl (C=O) groups excluding carboxylic acids is 2. The smallest absolute Gasteiger partial charge is 0.227 e. The van der Waals surface area contributed by atoms with Crippen LogP contribution >= 0.6 is 0 Å². The first kappa shape index (κ1) is 14.4. The summed E-state index contributed by atoms with van der Waals surface area (Å²) in [6.45, 7) is 3.57. The molecule has 20 heavy (non-hydrogen) atoms. The predicted octanol–water partition coefficient (Wildman–Crippen LogP) is 0.895. The average molecular weight is 276 g/mol. The Morgan fingerprint density at radius 3 is 2.95 bits per heavy atom. The Balaban J connectivity index is 2.02. The molecule has 1 saturated heterocycles. The van der Waals surface area contributed by atoms with E-state index in [-0.39, 0.29) is 11.8 Å². The van der Waals surface area contributed by atoms with E-state index in [9.17, 15) is 9.59 Å². The van der Waals surface area contributed by atoms with Crippen LogP contribution < -0.4 is 10.1 Å². The topological polar surface area (TPSA) is 58.6 Å². The van der Waals surface area contributed by atoms with Gasteiger partial charge in [-0.15, -0.1) is 0 Å². The van der Waals surface area contributed by atoms with Crippen LogP contribution in [0.5, 0.6) is 5.75 Å². The molecule has 1 heterocycles. The number of nitrogens with zero attached hydrogens (tertiary/aromatic N) is 1. The number of amides is 2. The van der Waals surface area contributed by atoms with E-state index in [0.29, 0.717) is 32.5 Å². The lowest BCUT2D eigenvalue weighted by Gasteiger charge is -2.19. The van der Waals surface area contributed by atoms with Crippen molar-refractivity contribution in [3.8, 4) is 5.75 Å². The summed E-state index contributed by atoms with van der Waals surface area (Å²) in [6.07, 6.45) is 0.716. The van der Waals surface area contributed by atoms with Gasteiger partial charge in [-0.25, -0.2) is 0 Å². The molecule has 5 heteroatoms. The van der Waals surface area contributed by atoms with Crippen molar-refractivity contribution in [1.29, 1.82) is 0 Å². The molecule has 2 rings (SSSR count). The highest BCUT2D eigenvalue weighted by molar-refractivity contribution is 5.81. The maximum Gasteiger partial charge on any atom is 0.227 e. The monoisotopic (exact) mass is 276 g/mol. The van der Waals surface area contributed by atoms with E-state index in [4.69, 9.17) is 4.74 Å². The summed E-state index contributed by atoms with van der Waals surface area (Å²) in [7, 11) is 1.63. The molecule has 1 aromatic rings. The van der Waals surface area contributed by atoms with Gasteiger partial charge in [-0.2, -0.15) is 0 Å². The highest BCUT2D eigenvalue weighted by atomic mass is 16.5. The van der Waals surface area contributed by atoms with Crippen LogP contribution in [0, 0.1) is 6.92 Å². The maximum absolute atomic E-state index is 12.3. The Labute approximate surface area is 118 Å². The lowest BCUT2D eigenvalue weighted by Crippen LogP contribution is -2.35. The van der Waals surface area contributed by atoms with Gasteiger partial charge in [-0.3, -0.25) is 9.59 Å². The second-order valence-electron chi connectivity index (χ2n) is 4.96. The van der Waals surface area contributed by atoms with E-state index in [1.807, 2.05) is 25.1 Å². The van der Waals surface area contributed by atoms with E-state index in [0.717, 1.165) is 16.9 Å². The third-order valence-electron chi connectivity index (χ3n) is 3.49. The summed E-state index contributed by atoms with van der Waals surface area (Å²) < 4.78 is 5.27. The molecule has 1 aliphatic heterocycles. The molecule has 0 atom stereocenters. The molecule has 1 fully saturated rings. The molecule has 0 bridgehead atoms. The van der Waals surface area contributed by atoms with Crippen molar-refractivity contribution in [2.75, 3.05) is 26.7 Å². The van der Waals surface area contributed by atoms with Crippen molar-refractivity contribution >= 4 is 11.8 Å². The largest absolute Gasteiger partial charge is 0.496 e. The molecule has 1 aromatic carbocycles. The minimum Gasteiger partial charge on any atom is -0.496 e. The minimum absolute atomic E-state index is 0.0114. The molecular weight excluding hydrogens is 256 g/mol. The van der Waals surface area contributed by atoms with Crippen molar-refractivity contribution in [3.63, 3.8) is 0 Å². The SMILES string of the molecule is COc1cc(CC(=O)N2CCNC(=O)CC2)ccc1C. The van der Waals surface area contributed by atoms with Crippen LogP contribution in [0.3, 0.4) is 0 Å². The van der Waals surface area contributed by atoms with Crippen molar-refractivity contribution in [2.24, 2.45) is 0 Å². The van der Waals surface area contributed by atoms with Gasteiger partial charge < -0.3 is 15.0 Å². The van der Waals surface area contributed by atoms with Gasteiger partial charge in [-0.05, 0) is 24.1 Å². The lowest BCUT2D eigenvalue weighted by molar-refractivity contribution is -0.130. The molecule has 1 N–H and O–H groups in total. The molecule has 0 aliphatic carbocycles. The number of methoxy groups -OCH3 is 1.